The molecule has 0 aliphatic carbocycles. The van der Waals surface area contributed by atoms with E-state index >= 15 is 0 Å². The SMILES string of the molecule is CN(C)c1ccccc1C(=O)Nc1ccc2c(c1)CCN(C(=O)OC(C)(C)C)C2. The van der Waals surface area contributed by atoms with E-state index in [0.717, 1.165) is 28.9 Å². The van der Waals surface area contributed by atoms with Gasteiger partial charge in [0.15, 0.2) is 0 Å². The molecule has 1 aliphatic heterocycles. The quantitative estimate of drug-likeness (QED) is 0.842. The molecule has 6 heteroatoms. The Labute approximate surface area is 172 Å². The lowest BCUT2D eigenvalue weighted by Crippen LogP contribution is -2.39. The summed E-state index contributed by atoms with van der Waals surface area (Å²) in [6, 6.07) is 13.4. The highest BCUT2D eigenvalue weighted by Gasteiger charge is 2.26. The number of hydrogen-bond acceptors (Lipinski definition) is 4. The molecule has 0 bridgehead atoms. The van der Waals surface area contributed by atoms with Crippen molar-refractivity contribution in [1.82, 2.24) is 4.90 Å². The van der Waals surface area contributed by atoms with Crippen molar-refractivity contribution in [3.63, 3.8) is 0 Å². The van der Waals surface area contributed by atoms with Crippen LogP contribution in [0.25, 0.3) is 0 Å². The van der Waals surface area contributed by atoms with Gasteiger partial charge in [0.05, 0.1) is 5.56 Å². The number of amides is 2. The third-order valence-electron chi connectivity index (χ3n) is 4.76. The van der Waals surface area contributed by atoms with Crippen LogP contribution in [-0.2, 0) is 17.7 Å². The molecule has 154 valence electrons. The minimum atomic E-state index is -0.506. The van der Waals surface area contributed by atoms with Gasteiger partial charge in [0.25, 0.3) is 5.91 Å². The second kappa shape index (κ2) is 8.15. The van der Waals surface area contributed by atoms with E-state index in [1.807, 2.05) is 82.2 Å². The van der Waals surface area contributed by atoms with Crippen LogP contribution in [0.15, 0.2) is 42.5 Å². The zero-order chi connectivity index (χ0) is 21.2. The summed E-state index contributed by atoms with van der Waals surface area (Å²) in [5, 5.41) is 3.00. The van der Waals surface area contributed by atoms with E-state index in [2.05, 4.69) is 5.32 Å². The molecule has 0 aromatic heterocycles. The smallest absolute Gasteiger partial charge is 0.410 e. The van der Waals surface area contributed by atoms with Gasteiger partial charge >= 0.3 is 6.09 Å². The molecule has 0 spiro atoms. The van der Waals surface area contributed by atoms with Crippen LogP contribution in [0.1, 0.15) is 42.3 Å². The molecular weight excluding hydrogens is 366 g/mol. The highest BCUT2D eigenvalue weighted by atomic mass is 16.6. The van der Waals surface area contributed by atoms with E-state index in [0.29, 0.717) is 18.7 Å². The zero-order valence-corrected chi connectivity index (χ0v) is 17.8. The van der Waals surface area contributed by atoms with Gasteiger partial charge < -0.3 is 19.9 Å². The molecule has 2 amide bonds. The Morgan fingerprint density at radius 2 is 1.79 bits per heavy atom. The second-order valence-electron chi connectivity index (χ2n) is 8.50. The van der Waals surface area contributed by atoms with Crippen LogP contribution in [0.2, 0.25) is 0 Å². The van der Waals surface area contributed by atoms with Crippen LogP contribution in [0.5, 0.6) is 0 Å². The molecule has 0 radical (unpaired) electrons. The van der Waals surface area contributed by atoms with Crippen molar-refractivity contribution in [2.45, 2.75) is 39.3 Å². The first-order valence-corrected chi connectivity index (χ1v) is 9.81. The van der Waals surface area contributed by atoms with E-state index in [-0.39, 0.29) is 12.0 Å². The Morgan fingerprint density at radius 3 is 2.48 bits per heavy atom. The molecule has 6 nitrogen and oxygen atoms in total. The Morgan fingerprint density at radius 1 is 1.07 bits per heavy atom. The summed E-state index contributed by atoms with van der Waals surface area (Å²) in [6.07, 6.45) is 0.438. The number of para-hydroxylation sites is 1. The Balaban J connectivity index is 1.71. The fourth-order valence-corrected chi connectivity index (χ4v) is 3.37. The lowest BCUT2D eigenvalue weighted by molar-refractivity contribution is 0.0224. The molecular formula is C23H29N3O3. The summed E-state index contributed by atoms with van der Waals surface area (Å²) >= 11 is 0. The molecule has 1 heterocycles. The van der Waals surface area contributed by atoms with Crippen molar-refractivity contribution >= 4 is 23.4 Å². The number of rotatable bonds is 3. The van der Waals surface area contributed by atoms with Gasteiger partial charge in [-0.25, -0.2) is 4.79 Å². The second-order valence-corrected chi connectivity index (χ2v) is 8.50. The van der Waals surface area contributed by atoms with Crippen LogP contribution in [0.4, 0.5) is 16.2 Å². The summed E-state index contributed by atoms with van der Waals surface area (Å²) in [5.74, 6) is -0.138. The normalized spacial score (nSPS) is 13.5. The van der Waals surface area contributed by atoms with Crippen LogP contribution in [-0.4, -0.2) is 43.1 Å². The first-order chi connectivity index (χ1) is 13.6. The van der Waals surface area contributed by atoms with Gasteiger partial charge in [-0.2, -0.15) is 0 Å². The Bertz CT molecular complexity index is 916. The van der Waals surface area contributed by atoms with Crippen LogP contribution >= 0.6 is 0 Å². The number of fused-ring (bicyclic) bond motifs is 1. The average molecular weight is 396 g/mol. The molecule has 3 rings (SSSR count). The van der Waals surface area contributed by atoms with Crippen LogP contribution < -0.4 is 10.2 Å². The van der Waals surface area contributed by atoms with E-state index < -0.39 is 5.60 Å². The van der Waals surface area contributed by atoms with Crippen molar-refractivity contribution in [3.8, 4) is 0 Å². The number of benzene rings is 2. The molecule has 2 aromatic rings. The van der Waals surface area contributed by atoms with E-state index in [1.165, 1.54) is 0 Å². The zero-order valence-electron chi connectivity index (χ0n) is 17.8. The fraction of sp³-hybridized carbons (Fsp3) is 0.391. The first-order valence-electron chi connectivity index (χ1n) is 9.81. The molecule has 0 unspecified atom stereocenters. The standard InChI is InChI=1S/C23H29N3O3/c1-23(2,3)29-22(28)26-13-12-16-14-18(11-10-17(16)15-26)24-21(27)19-8-6-7-9-20(19)25(4)5/h6-11,14H,12-13,15H2,1-5H3,(H,24,27). The number of carbonyl (C=O) groups is 2. The molecule has 2 aromatic carbocycles. The number of nitrogens with one attached hydrogen (secondary N) is 1. The lowest BCUT2D eigenvalue weighted by Gasteiger charge is -2.31. The molecule has 29 heavy (non-hydrogen) atoms. The van der Waals surface area contributed by atoms with Crippen molar-refractivity contribution in [2.24, 2.45) is 0 Å². The van der Waals surface area contributed by atoms with Crippen molar-refractivity contribution < 1.29 is 14.3 Å². The predicted octanol–water partition coefficient (Wildman–Crippen LogP) is 4.30. The molecule has 0 atom stereocenters. The van der Waals surface area contributed by atoms with Gasteiger partial charge in [0, 0.05) is 38.6 Å². The largest absolute Gasteiger partial charge is 0.444 e. The van der Waals surface area contributed by atoms with Gasteiger partial charge in [-0.15, -0.1) is 0 Å². The van der Waals surface area contributed by atoms with E-state index in [9.17, 15) is 9.59 Å². The molecule has 0 saturated heterocycles. The Hall–Kier alpha value is -3.02. The minimum Gasteiger partial charge on any atom is -0.444 e. The third-order valence-corrected chi connectivity index (χ3v) is 4.76. The van der Waals surface area contributed by atoms with Gasteiger partial charge in [0.2, 0.25) is 0 Å². The highest BCUT2D eigenvalue weighted by molar-refractivity contribution is 6.08. The van der Waals surface area contributed by atoms with Gasteiger partial charge in [-0.3, -0.25) is 4.79 Å². The Kier molecular flexibility index (Phi) is 5.82. The van der Waals surface area contributed by atoms with Gasteiger partial charge in [-0.05, 0) is 62.6 Å². The van der Waals surface area contributed by atoms with E-state index in [4.69, 9.17) is 4.74 Å². The van der Waals surface area contributed by atoms with Crippen molar-refractivity contribution in [1.29, 1.82) is 0 Å². The first kappa shape index (κ1) is 20.7. The number of anilines is 2. The number of nitrogens with zero attached hydrogens (tertiary/aromatic N) is 2. The van der Waals surface area contributed by atoms with E-state index in [1.54, 1.807) is 4.90 Å². The highest BCUT2D eigenvalue weighted by Crippen LogP contribution is 2.25. The van der Waals surface area contributed by atoms with Gasteiger partial charge in [-0.1, -0.05) is 18.2 Å². The molecule has 1 aliphatic rings. The van der Waals surface area contributed by atoms with Crippen LogP contribution in [0, 0.1) is 0 Å². The molecule has 0 saturated carbocycles. The number of carbonyl (C=O) groups excluding carboxylic acids is 2. The van der Waals surface area contributed by atoms with Crippen molar-refractivity contribution in [3.05, 3.63) is 59.2 Å². The summed E-state index contributed by atoms with van der Waals surface area (Å²) in [7, 11) is 3.84. The fourth-order valence-electron chi connectivity index (χ4n) is 3.37. The summed E-state index contributed by atoms with van der Waals surface area (Å²) in [6.45, 7) is 6.72. The monoisotopic (exact) mass is 395 g/mol. The molecule has 1 N–H and O–H groups in total. The maximum absolute atomic E-state index is 12.8. The topological polar surface area (TPSA) is 61.9 Å². The molecule has 0 fully saturated rings. The number of ether oxygens (including phenoxy) is 1. The summed E-state index contributed by atoms with van der Waals surface area (Å²) in [5.41, 5.74) is 3.97. The summed E-state index contributed by atoms with van der Waals surface area (Å²) < 4.78 is 5.47. The third kappa shape index (κ3) is 5.08. The lowest BCUT2D eigenvalue weighted by atomic mass is 9.99. The minimum absolute atomic E-state index is 0.138. The average Bonchev–Trinajstić information content (AvgIpc) is 2.66. The predicted molar refractivity (Wildman–Crippen MR) is 116 cm³/mol. The maximum atomic E-state index is 12.8. The summed E-state index contributed by atoms with van der Waals surface area (Å²) in [4.78, 5) is 28.7. The van der Waals surface area contributed by atoms with Crippen LogP contribution in [0.3, 0.4) is 0 Å². The van der Waals surface area contributed by atoms with Gasteiger partial charge in [0.1, 0.15) is 5.60 Å². The van der Waals surface area contributed by atoms with Crippen molar-refractivity contribution in [2.75, 3.05) is 30.9 Å². The maximum Gasteiger partial charge on any atom is 0.410 e. The number of hydrogen-bond donors (Lipinski definition) is 1.